The van der Waals surface area contributed by atoms with Crippen molar-refractivity contribution in [2.24, 2.45) is 11.0 Å². The molecule has 0 bridgehead atoms. The molecule has 2 aromatic heterocycles. The fourth-order valence-electron chi connectivity index (χ4n) is 3.39. The molecule has 1 aliphatic heterocycles. The van der Waals surface area contributed by atoms with Gasteiger partial charge in [0, 0.05) is 4.91 Å². The first-order valence-electron chi connectivity index (χ1n) is 7.65. The summed E-state index contributed by atoms with van der Waals surface area (Å²) in [5, 5.41) is 9.40. The minimum Gasteiger partial charge on any atom is -0.368 e. The van der Waals surface area contributed by atoms with Crippen LogP contribution in [0.15, 0.2) is 28.6 Å². The summed E-state index contributed by atoms with van der Waals surface area (Å²) in [7, 11) is 0. The van der Waals surface area contributed by atoms with Crippen LogP contribution in [0.3, 0.4) is 0 Å². The Bertz CT molecular complexity index is 770. The molecule has 7 nitrogen and oxygen atoms in total. The van der Waals surface area contributed by atoms with Crippen LogP contribution in [0.4, 0.5) is 0 Å². The third-order valence-corrected chi connectivity index (χ3v) is 5.59. The molecule has 1 aliphatic rings. The van der Waals surface area contributed by atoms with Gasteiger partial charge in [-0.05, 0) is 36.3 Å². The lowest BCUT2D eigenvalue weighted by Crippen LogP contribution is -2.34. The highest BCUT2D eigenvalue weighted by Crippen LogP contribution is 2.49. The molecule has 23 heavy (non-hydrogen) atoms. The second kappa shape index (κ2) is 6.03. The van der Waals surface area contributed by atoms with Crippen LogP contribution in [0.2, 0.25) is 0 Å². The molecule has 0 aromatic carbocycles. The summed E-state index contributed by atoms with van der Waals surface area (Å²) in [5.41, 5.74) is 10.2. The predicted octanol–water partition coefficient (Wildman–Crippen LogP) is 4.01. The van der Waals surface area contributed by atoms with Crippen molar-refractivity contribution in [1.82, 2.24) is 14.6 Å². The van der Waals surface area contributed by atoms with Crippen molar-refractivity contribution in [1.29, 1.82) is 0 Å². The lowest BCUT2D eigenvalue weighted by molar-refractivity contribution is 0.0217. The van der Waals surface area contributed by atoms with E-state index in [0.717, 1.165) is 22.7 Å². The van der Waals surface area contributed by atoms with E-state index in [0.29, 0.717) is 0 Å². The summed E-state index contributed by atoms with van der Waals surface area (Å²) < 4.78 is 8.11. The van der Waals surface area contributed by atoms with Gasteiger partial charge in [-0.1, -0.05) is 25.9 Å². The van der Waals surface area contributed by atoms with Crippen molar-refractivity contribution < 1.29 is 4.74 Å². The number of nitrogens with zero attached hydrogens (tertiary/aromatic N) is 6. The Labute approximate surface area is 139 Å². The zero-order valence-electron chi connectivity index (χ0n) is 13.7. The van der Waals surface area contributed by atoms with Gasteiger partial charge in [-0.15, -0.1) is 11.8 Å². The van der Waals surface area contributed by atoms with Crippen molar-refractivity contribution in [3.8, 4) is 0 Å². The fraction of sp³-hybridized carbons (Fsp3) is 0.600. The number of azide groups is 1. The van der Waals surface area contributed by atoms with Gasteiger partial charge in [0.15, 0.2) is 0 Å². The molecular weight excluding hydrogens is 312 g/mol. The highest BCUT2D eigenvalue weighted by Gasteiger charge is 2.51. The summed E-state index contributed by atoms with van der Waals surface area (Å²) >= 11 is 1.58. The quantitative estimate of drug-likeness (QED) is 0.366. The van der Waals surface area contributed by atoms with Crippen molar-refractivity contribution in [2.45, 2.75) is 50.0 Å². The monoisotopic (exact) mass is 332 g/mol. The standard InChI is InChI=1S/C15H20N6OS/c1-5-12-9(2)15(3,19-20-16)13(22-12)10-6-7-11-14(23-4)17-8-18-21(10)11/h6-9,12-13H,5H2,1-4H3/t9-,12-,13+,15-/m1/s1. The van der Waals surface area contributed by atoms with Crippen LogP contribution in [0.5, 0.6) is 0 Å². The first-order chi connectivity index (χ1) is 11.1. The molecule has 0 spiro atoms. The van der Waals surface area contributed by atoms with Gasteiger partial charge in [0.05, 0.1) is 22.9 Å². The summed E-state index contributed by atoms with van der Waals surface area (Å²) in [6.45, 7) is 6.14. The number of hydrogen-bond acceptors (Lipinski definition) is 5. The summed E-state index contributed by atoms with van der Waals surface area (Å²) in [6.07, 6.45) is 4.14. The van der Waals surface area contributed by atoms with E-state index in [4.69, 9.17) is 10.3 Å². The van der Waals surface area contributed by atoms with Crippen LogP contribution in [-0.4, -0.2) is 32.5 Å². The molecule has 122 valence electrons. The molecule has 1 saturated heterocycles. The van der Waals surface area contributed by atoms with Gasteiger partial charge in [0.1, 0.15) is 17.5 Å². The first kappa shape index (κ1) is 16.1. The molecular formula is C15H20N6OS. The first-order valence-corrected chi connectivity index (χ1v) is 8.87. The van der Waals surface area contributed by atoms with Crippen molar-refractivity contribution in [3.63, 3.8) is 0 Å². The maximum absolute atomic E-state index is 9.05. The molecule has 0 aliphatic carbocycles. The molecule has 0 N–H and O–H groups in total. The van der Waals surface area contributed by atoms with Gasteiger partial charge >= 0.3 is 0 Å². The summed E-state index contributed by atoms with van der Waals surface area (Å²) in [5.74, 6) is 0.126. The van der Waals surface area contributed by atoms with Gasteiger partial charge in [0.25, 0.3) is 0 Å². The Morgan fingerprint density at radius 2 is 2.30 bits per heavy atom. The third kappa shape index (κ3) is 2.38. The van der Waals surface area contributed by atoms with Crippen LogP contribution in [0, 0.1) is 5.92 Å². The van der Waals surface area contributed by atoms with E-state index in [1.807, 2.05) is 29.8 Å². The number of fused-ring (bicyclic) bond motifs is 1. The SMILES string of the molecule is CC[C@H]1O[C@@H](c2ccc3c(SC)ncnn23)[C@](C)(N=[N+]=[N-])[C@@H]1C. The number of rotatable bonds is 4. The maximum atomic E-state index is 9.05. The summed E-state index contributed by atoms with van der Waals surface area (Å²) in [4.78, 5) is 7.37. The zero-order valence-corrected chi connectivity index (χ0v) is 14.5. The normalized spacial score (nSPS) is 30.5. The van der Waals surface area contributed by atoms with Gasteiger partial charge in [0.2, 0.25) is 0 Å². The lowest BCUT2D eigenvalue weighted by Gasteiger charge is -2.28. The molecule has 8 heteroatoms. The van der Waals surface area contributed by atoms with Crippen LogP contribution < -0.4 is 0 Å². The molecule has 0 radical (unpaired) electrons. The highest BCUT2D eigenvalue weighted by atomic mass is 32.2. The molecule has 3 rings (SSSR count). The van der Waals surface area contributed by atoms with Crippen molar-refractivity contribution >= 4 is 17.3 Å². The minimum atomic E-state index is -0.645. The molecule has 1 fully saturated rings. The topological polar surface area (TPSA) is 88.2 Å². The Hall–Kier alpha value is -1.76. The van der Waals surface area contributed by atoms with E-state index in [2.05, 4.69) is 34.0 Å². The predicted molar refractivity (Wildman–Crippen MR) is 89.4 cm³/mol. The number of aromatic nitrogens is 3. The van der Waals surface area contributed by atoms with Crippen LogP contribution >= 0.6 is 11.8 Å². The molecule has 0 saturated carbocycles. The average Bonchev–Trinajstić information content (AvgIpc) is 3.08. The largest absolute Gasteiger partial charge is 0.368 e. The second-order valence-corrected chi connectivity index (χ2v) is 6.79. The lowest BCUT2D eigenvalue weighted by atomic mass is 9.81. The molecule has 0 unspecified atom stereocenters. The highest BCUT2D eigenvalue weighted by molar-refractivity contribution is 7.98. The van der Waals surface area contributed by atoms with Crippen LogP contribution in [0.1, 0.15) is 39.0 Å². The van der Waals surface area contributed by atoms with Gasteiger partial charge in [-0.3, -0.25) is 0 Å². The van der Waals surface area contributed by atoms with E-state index in [9.17, 15) is 0 Å². The molecule has 4 atom stereocenters. The van der Waals surface area contributed by atoms with E-state index in [1.165, 1.54) is 0 Å². The Balaban J connectivity index is 2.15. The zero-order chi connectivity index (χ0) is 16.6. The van der Waals surface area contributed by atoms with Gasteiger partial charge < -0.3 is 4.74 Å². The third-order valence-electron chi connectivity index (χ3n) is 4.89. The smallest absolute Gasteiger partial charge is 0.137 e. The number of hydrogen-bond donors (Lipinski definition) is 0. The van der Waals surface area contributed by atoms with E-state index in [1.54, 1.807) is 18.1 Å². The van der Waals surface area contributed by atoms with E-state index >= 15 is 0 Å². The van der Waals surface area contributed by atoms with Gasteiger partial charge in [-0.2, -0.15) is 5.10 Å². The number of ether oxygens (including phenoxy) is 1. The average molecular weight is 332 g/mol. The number of thioether (sulfide) groups is 1. The second-order valence-electron chi connectivity index (χ2n) is 5.99. The van der Waals surface area contributed by atoms with Crippen molar-refractivity contribution in [2.75, 3.05) is 6.26 Å². The fourth-order valence-corrected chi connectivity index (χ4v) is 3.91. The van der Waals surface area contributed by atoms with E-state index in [-0.39, 0.29) is 18.1 Å². The van der Waals surface area contributed by atoms with Gasteiger partial charge in [-0.25, -0.2) is 9.50 Å². The van der Waals surface area contributed by atoms with Crippen LogP contribution in [0.25, 0.3) is 16.0 Å². The van der Waals surface area contributed by atoms with Crippen molar-refractivity contribution in [3.05, 3.63) is 34.6 Å². The Kier molecular flexibility index (Phi) is 4.23. The molecule has 2 aromatic rings. The molecule has 3 heterocycles. The minimum absolute atomic E-state index is 0.0582. The summed E-state index contributed by atoms with van der Waals surface area (Å²) in [6, 6.07) is 3.98. The Morgan fingerprint density at radius 1 is 1.52 bits per heavy atom. The maximum Gasteiger partial charge on any atom is 0.137 e. The molecule has 0 amide bonds. The van der Waals surface area contributed by atoms with E-state index < -0.39 is 5.54 Å². The van der Waals surface area contributed by atoms with Crippen LogP contribution in [-0.2, 0) is 4.74 Å². The Morgan fingerprint density at radius 3 is 2.96 bits per heavy atom.